The molecule has 0 atom stereocenters. The molecule has 0 aliphatic carbocycles. The smallest absolute Gasteiger partial charge is 0.329 e. The molecular weight excluding hydrogens is 466 g/mol. The standard InChI is InChI=1S/C26H27N3O5S/c1-17-13-23(24(15-20(17)16-27)35(31,32)29-25(30)28-26(2,3)4)34-22-8-6-7-19(14-22)18-9-11-21(33-5)12-10-18/h6-15H,1-5H3,(H2,28,29,30). The second-order valence-electron chi connectivity index (χ2n) is 8.89. The second kappa shape index (κ2) is 10.1. The molecule has 0 spiro atoms. The van der Waals surface area contributed by atoms with E-state index in [4.69, 9.17) is 9.47 Å². The van der Waals surface area contributed by atoms with E-state index in [-0.39, 0.29) is 16.2 Å². The fraction of sp³-hybridized carbons (Fsp3) is 0.231. The minimum atomic E-state index is -4.35. The van der Waals surface area contributed by atoms with E-state index in [1.165, 1.54) is 12.1 Å². The molecule has 3 aromatic rings. The molecule has 0 heterocycles. The summed E-state index contributed by atoms with van der Waals surface area (Å²) in [6.07, 6.45) is 0. The van der Waals surface area contributed by atoms with Gasteiger partial charge in [-0.05, 0) is 80.8 Å². The summed E-state index contributed by atoms with van der Waals surface area (Å²) in [5.41, 5.74) is 1.81. The van der Waals surface area contributed by atoms with E-state index < -0.39 is 21.6 Å². The van der Waals surface area contributed by atoms with Crippen LogP contribution < -0.4 is 19.5 Å². The minimum absolute atomic E-state index is 0.00978. The van der Waals surface area contributed by atoms with E-state index >= 15 is 0 Å². The Hall–Kier alpha value is -4.03. The SMILES string of the molecule is COc1ccc(-c2cccc(Oc3cc(C)c(C#N)cc3S(=O)(=O)NC(=O)NC(C)(C)C)c2)cc1. The number of nitriles is 1. The fourth-order valence-corrected chi connectivity index (χ4v) is 4.31. The average Bonchev–Trinajstić information content (AvgIpc) is 2.77. The Labute approximate surface area is 205 Å². The predicted molar refractivity (Wildman–Crippen MR) is 133 cm³/mol. The van der Waals surface area contributed by atoms with Crippen molar-refractivity contribution in [3.05, 3.63) is 71.8 Å². The molecule has 0 unspecified atom stereocenters. The van der Waals surface area contributed by atoms with Crippen LogP contribution in [0.2, 0.25) is 0 Å². The Morgan fingerprint density at radius 3 is 2.26 bits per heavy atom. The van der Waals surface area contributed by atoms with Crippen LogP contribution in [0.1, 0.15) is 31.9 Å². The first-order chi connectivity index (χ1) is 16.4. The van der Waals surface area contributed by atoms with Crippen molar-refractivity contribution in [2.45, 2.75) is 38.1 Å². The lowest BCUT2D eigenvalue weighted by molar-refractivity contribution is 0.237. The van der Waals surface area contributed by atoms with Crippen molar-refractivity contribution in [2.75, 3.05) is 7.11 Å². The van der Waals surface area contributed by atoms with Gasteiger partial charge in [0.1, 0.15) is 22.1 Å². The van der Waals surface area contributed by atoms with Crippen LogP contribution in [0.25, 0.3) is 11.1 Å². The highest BCUT2D eigenvalue weighted by molar-refractivity contribution is 7.90. The average molecular weight is 494 g/mol. The number of urea groups is 1. The summed E-state index contributed by atoms with van der Waals surface area (Å²) in [6.45, 7) is 6.85. The zero-order valence-corrected chi connectivity index (χ0v) is 21.0. The molecule has 0 radical (unpaired) electrons. The van der Waals surface area contributed by atoms with Gasteiger partial charge in [0.25, 0.3) is 10.0 Å². The summed E-state index contributed by atoms with van der Waals surface area (Å²) in [4.78, 5) is 11.9. The number of carbonyl (C=O) groups excluding carboxylic acids is 1. The third-order valence-electron chi connectivity index (χ3n) is 4.90. The highest BCUT2D eigenvalue weighted by Crippen LogP contribution is 2.33. The number of nitrogens with zero attached hydrogens (tertiary/aromatic N) is 1. The number of hydrogen-bond acceptors (Lipinski definition) is 6. The summed E-state index contributed by atoms with van der Waals surface area (Å²) < 4.78 is 39.4. The Morgan fingerprint density at radius 2 is 1.66 bits per heavy atom. The van der Waals surface area contributed by atoms with Gasteiger partial charge < -0.3 is 14.8 Å². The van der Waals surface area contributed by atoms with Crippen LogP contribution in [-0.2, 0) is 10.0 Å². The highest BCUT2D eigenvalue weighted by atomic mass is 32.2. The number of hydrogen-bond donors (Lipinski definition) is 2. The van der Waals surface area contributed by atoms with Crippen LogP contribution in [0.4, 0.5) is 4.79 Å². The molecule has 0 aliphatic heterocycles. The van der Waals surface area contributed by atoms with Gasteiger partial charge in [0, 0.05) is 5.54 Å². The number of rotatable bonds is 6. The Kier molecular flexibility index (Phi) is 7.37. The topological polar surface area (TPSA) is 118 Å². The first-order valence-electron chi connectivity index (χ1n) is 10.7. The number of benzene rings is 3. The maximum absolute atomic E-state index is 13.1. The molecule has 0 bridgehead atoms. The maximum Gasteiger partial charge on any atom is 0.329 e. The molecule has 0 saturated carbocycles. The van der Waals surface area contributed by atoms with E-state index in [1.54, 1.807) is 53.0 Å². The predicted octanol–water partition coefficient (Wildman–Crippen LogP) is 5.12. The third-order valence-corrected chi connectivity index (χ3v) is 6.25. The molecule has 8 nitrogen and oxygen atoms in total. The molecule has 0 fully saturated rings. The largest absolute Gasteiger partial charge is 0.497 e. The van der Waals surface area contributed by atoms with Gasteiger partial charge in [0.2, 0.25) is 0 Å². The number of amides is 2. The van der Waals surface area contributed by atoms with E-state index in [2.05, 4.69) is 5.32 Å². The minimum Gasteiger partial charge on any atom is -0.497 e. The quantitative estimate of drug-likeness (QED) is 0.492. The van der Waals surface area contributed by atoms with Crippen molar-refractivity contribution in [3.8, 4) is 34.4 Å². The molecule has 182 valence electrons. The van der Waals surface area contributed by atoms with Crippen LogP contribution in [-0.4, -0.2) is 27.1 Å². The van der Waals surface area contributed by atoms with Crippen LogP contribution in [0.3, 0.4) is 0 Å². The van der Waals surface area contributed by atoms with Crippen molar-refractivity contribution in [1.82, 2.24) is 10.0 Å². The van der Waals surface area contributed by atoms with Crippen molar-refractivity contribution in [1.29, 1.82) is 5.26 Å². The first kappa shape index (κ1) is 25.6. The van der Waals surface area contributed by atoms with Gasteiger partial charge in [-0.25, -0.2) is 17.9 Å². The van der Waals surface area contributed by atoms with E-state index in [0.717, 1.165) is 16.9 Å². The van der Waals surface area contributed by atoms with Crippen LogP contribution in [0.5, 0.6) is 17.2 Å². The van der Waals surface area contributed by atoms with E-state index in [0.29, 0.717) is 11.3 Å². The molecule has 3 rings (SSSR count). The van der Waals surface area contributed by atoms with Crippen LogP contribution in [0.15, 0.2) is 65.6 Å². The summed E-state index contributed by atoms with van der Waals surface area (Å²) in [5, 5.41) is 12.0. The first-order valence-corrected chi connectivity index (χ1v) is 12.2. The van der Waals surface area contributed by atoms with E-state index in [9.17, 15) is 18.5 Å². The lowest BCUT2D eigenvalue weighted by Gasteiger charge is -2.21. The van der Waals surface area contributed by atoms with Gasteiger partial charge in [0.15, 0.2) is 0 Å². The molecule has 2 N–H and O–H groups in total. The van der Waals surface area contributed by atoms with Crippen molar-refractivity contribution in [2.24, 2.45) is 0 Å². The lowest BCUT2D eigenvalue weighted by Crippen LogP contribution is -2.48. The van der Waals surface area contributed by atoms with Gasteiger partial charge in [-0.3, -0.25) is 0 Å². The number of carbonyl (C=O) groups is 1. The summed E-state index contributed by atoms with van der Waals surface area (Å²) in [7, 11) is -2.76. The Morgan fingerprint density at radius 1 is 0.971 bits per heavy atom. The normalized spacial score (nSPS) is 11.3. The summed E-state index contributed by atoms with van der Waals surface area (Å²) in [6, 6.07) is 18.4. The molecule has 35 heavy (non-hydrogen) atoms. The van der Waals surface area contributed by atoms with E-state index in [1.807, 2.05) is 41.1 Å². The number of nitrogens with one attached hydrogen (secondary N) is 2. The molecule has 2 amide bonds. The molecule has 3 aromatic carbocycles. The van der Waals surface area contributed by atoms with Crippen molar-refractivity contribution in [3.63, 3.8) is 0 Å². The summed E-state index contributed by atoms with van der Waals surface area (Å²) in [5.74, 6) is 1.11. The van der Waals surface area contributed by atoms with Crippen molar-refractivity contribution < 1.29 is 22.7 Å². The van der Waals surface area contributed by atoms with Gasteiger partial charge in [0.05, 0.1) is 18.7 Å². The molecule has 0 saturated heterocycles. The molecule has 0 aromatic heterocycles. The van der Waals surface area contributed by atoms with Crippen molar-refractivity contribution >= 4 is 16.1 Å². The van der Waals surface area contributed by atoms with Gasteiger partial charge >= 0.3 is 6.03 Å². The molecular formula is C26H27N3O5S. The van der Waals surface area contributed by atoms with Crippen LogP contribution >= 0.6 is 0 Å². The maximum atomic E-state index is 13.1. The Balaban J connectivity index is 1.99. The second-order valence-corrected chi connectivity index (χ2v) is 10.5. The number of methoxy groups -OCH3 is 1. The van der Waals surface area contributed by atoms with Crippen LogP contribution in [0, 0.1) is 18.3 Å². The monoisotopic (exact) mass is 493 g/mol. The van der Waals surface area contributed by atoms with Gasteiger partial charge in [-0.1, -0.05) is 24.3 Å². The number of ether oxygens (including phenoxy) is 2. The van der Waals surface area contributed by atoms with Gasteiger partial charge in [-0.2, -0.15) is 5.26 Å². The number of sulfonamides is 1. The fourth-order valence-electron chi connectivity index (χ4n) is 3.26. The Bertz CT molecular complexity index is 1390. The lowest BCUT2D eigenvalue weighted by atomic mass is 10.1. The zero-order valence-electron chi connectivity index (χ0n) is 20.2. The zero-order chi connectivity index (χ0) is 25.8. The third kappa shape index (κ3) is 6.52. The number of aryl methyl sites for hydroxylation is 1. The molecule has 0 aliphatic rings. The summed E-state index contributed by atoms with van der Waals surface area (Å²) >= 11 is 0. The highest BCUT2D eigenvalue weighted by Gasteiger charge is 2.26. The van der Waals surface area contributed by atoms with Gasteiger partial charge in [-0.15, -0.1) is 0 Å². The molecule has 9 heteroatoms.